The summed E-state index contributed by atoms with van der Waals surface area (Å²) in [4.78, 5) is 23.3. The van der Waals surface area contributed by atoms with Crippen LogP contribution in [0.25, 0.3) is 0 Å². The van der Waals surface area contributed by atoms with E-state index in [9.17, 15) is 22.8 Å². The number of hydrogen-bond donors (Lipinski definition) is 2. The fourth-order valence-electron chi connectivity index (χ4n) is 2.64. The molecule has 1 atom stereocenters. The second-order valence-corrected chi connectivity index (χ2v) is 6.44. The number of carbonyl (C=O) groups is 2. The first-order valence-electron chi connectivity index (χ1n) is 8.06. The summed E-state index contributed by atoms with van der Waals surface area (Å²) in [5, 5.41) is 12.0. The van der Waals surface area contributed by atoms with Gasteiger partial charge < -0.3 is 10.4 Å². The molecule has 27 heavy (non-hydrogen) atoms. The molecule has 0 fully saturated rings. The molecule has 0 bridgehead atoms. The molecule has 0 saturated carbocycles. The van der Waals surface area contributed by atoms with E-state index < -0.39 is 36.1 Å². The van der Waals surface area contributed by atoms with E-state index in [2.05, 4.69) is 5.32 Å². The Morgan fingerprint density at radius 1 is 1.11 bits per heavy atom. The van der Waals surface area contributed by atoms with Gasteiger partial charge in [0.25, 0.3) is 0 Å². The molecule has 0 aromatic heterocycles. The van der Waals surface area contributed by atoms with Gasteiger partial charge in [-0.05, 0) is 29.7 Å². The number of rotatable bonds is 7. The van der Waals surface area contributed by atoms with E-state index in [-0.39, 0.29) is 18.4 Å². The van der Waals surface area contributed by atoms with Crippen LogP contribution in [0.1, 0.15) is 23.1 Å². The number of nitrogens with one attached hydrogen (secondary N) is 1. The van der Waals surface area contributed by atoms with Gasteiger partial charge in [0.05, 0.1) is 18.4 Å². The summed E-state index contributed by atoms with van der Waals surface area (Å²) in [5.74, 6) is -1.62. The maximum absolute atomic E-state index is 12.8. The number of carboxylic acid groups (broad SMARTS) is 1. The SMILES string of the molecule is O=C(O)C[C@H](Cc1cccc(C(F)(F)F)c1)NC(=O)Cc1ccccc1Cl. The number of halogens is 4. The van der Waals surface area contributed by atoms with E-state index in [0.29, 0.717) is 10.6 Å². The summed E-state index contributed by atoms with van der Waals surface area (Å²) in [7, 11) is 0. The second-order valence-electron chi connectivity index (χ2n) is 6.03. The number of benzene rings is 2. The van der Waals surface area contributed by atoms with Crippen LogP contribution in [-0.2, 0) is 28.6 Å². The number of amides is 1. The van der Waals surface area contributed by atoms with Crippen LogP contribution in [0.3, 0.4) is 0 Å². The molecule has 0 spiro atoms. The van der Waals surface area contributed by atoms with Crippen molar-refractivity contribution in [3.05, 3.63) is 70.2 Å². The lowest BCUT2D eigenvalue weighted by atomic mass is 10.0. The zero-order chi connectivity index (χ0) is 20.0. The highest BCUT2D eigenvalue weighted by molar-refractivity contribution is 6.31. The Balaban J connectivity index is 2.10. The lowest BCUT2D eigenvalue weighted by Crippen LogP contribution is -2.39. The molecule has 0 unspecified atom stereocenters. The van der Waals surface area contributed by atoms with Crippen LogP contribution in [0.15, 0.2) is 48.5 Å². The number of carbonyl (C=O) groups excluding carboxylic acids is 1. The van der Waals surface area contributed by atoms with Gasteiger partial charge in [0.15, 0.2) is 0 Å². The molecule has 2 aromatic rings. The quantitative estimate of drug-likeness (QED) is 0.736. The van der Waals surface area contributed by atoms with Gasteiger partial charge in [-0.3, -0.25) is 9.59 Å². The molecular weight excluding hydrogens is 383 g/mol. The number of alkyl halides is 3. The van der Waals surface area contributed by atoms with Crippen LogP contribution >= 0.6 is 11.6 Å². The first-order chi connectivity index (χ1) is 12.6. The average molecular weight is 400 g/mol. The van der Waals surface area contributed by atoms with E-state index >= 15 is 0 Å². The van der Waals surface area contributed by atoms with E-state index in [0.717, 1.165) is 12.1 Å². The first-order valence-corrected chi connectivity index (χ1v) is 8.43. The Hall–Kier alpha value is -2.54. The molecule has 8 heteroatoms. The minimum Gasteiger partial charge on any atom is -0.481 e. The second kappa shape index (κ2) is 8.90. The predicted molar refractivity (Wildman–Crippen MR) is 94.5 cm³/mol. The van der Waals surface area contributed by atoms with Crippen molar-refractivity contribution in [2.24, 2.45) is 0 Å². The molecule has 0 heterocycles. The van der Waals surface area contributed by atoms with Crippen LogP contribution in [-0.4, -0.2) is 23.0 Å². The monoisotopic (exact) mass is 399 g/mol. The van der Waals surface area contributed by atoms with Crippen LogP contribution in [0.5, 0.6) is 0 Å². The molecule has 2 aromatic carbocycles. The highest BCUT2D eigenvalue weighted by Crippen LogP contribution is 2.29. The summed E-state index contributed by atoms with van der Waals surface area (Å²) in [6, 6.07) is 10.5. The molecule has 144 valence electrons. The first kappa shape index (κ1) is 20.8. The van der Waals surface area contributed by atoms with E-state index in [4.69, 9.17) is 16.7 Å². The van der Waals surface area contributed by atoms with Crippen molar-refractivity contribution in [3.8, 4) is 0 Å². The van der Waals surface area contributed by atoms with Crippen molar-refractivity contribution in [3.63, 3.8) is 0 Å². The summed E-state index contributed by atoms with van der Waals surface area (Å²) >= 11 is 6.00. The van der Waals surface area contributed by atoms with Gasteiger partial charge in [-0.2, -0.15) is 13.2 Å². The normalized spacial score (nSPS) is 12.4. The Morgan fingerprint density at radius 2 is 1.81 bits per heavy atom. The van der Waals surface area contributed by atoms with Crippen molar-refractivity contribution in [2.75, 3.05) is 0 Å². The van der Waals surface area contributed by atoms with Crippen molar-refractivity contribution in [2.45, 2.75) is 31.5 Å². The zero-order valence-corrected chi connectivity index (χ0v) is 14.8. The highest BCUT2D eigenvalue weighted by Gasteiger charge is 2.30. The molecule has 4 nitrogen and oxygen atoms in total. The minimum absolute atomic E-state index is 0.0372. The molecule has 0 radical (unpaired) electrons. The number of carboxylic acids is 1. The fourth-order valence-corrected chi connectivity index (χ4v) is 2.84. The van der Waals surface area contributed by atoms with E-state index in [1.54, 1.807) is 24.3 Å². The van der Waals surface area contributed by atoms with E-state index in [1.807, 2.05) is 0 Å². The Bertz CT molecular complexity index is 824. The largest absolute Gasteiger partial charge is 0.481 e. The Kier molecular flexibility index (Phi) is 6.85. The van der Waals surface area contributed by atoms with Gasteiger partial charge in [0, 0.05) is 11.1 Å². The van der Waals surface area contributed by atoms with E-state index in [1.165, 1.54) is 12.1 Å². The van der Waals surface area contributed by atoms with Crippen LogP contribution in [0.4, 0.5) is 13.2 Å². The van der Waals surface area contributed by atoms with Gasteiger partial charge in [-0.1, -0.05) is 48.0 Å². The van der Waals surface area contributed by atoms with Crippen molar-refractivity contribution in [1.29, 1.82) is 0 Å². The van der Waals surface area contributed by atoms with Gasteiger partial charge in [0.2, 0.25) is 5.91 Å². The third-order valence-corrected chi connectivity index (χ3v) is 4.20. The van der Waals surface area contributed by atoms with Crippen LogP contribution < -0.4 is 5.32 Å². The molecule has 0 aliphatic carbocycles. The minimum atomic E-state index is -4.49. The topological polar surface area (TPSA) is 66.4 Å². The molecule has 0 aliphatic heterocycles. The smallest absolute Gasteiger partial charge is 0.416 e. The molecule has 1 amide bonds. The average Bonchev–Trinajstić information content (AvgIpc) is 2.56. The van der Waals surface area contributed by atoms with Gasteiger partial charge in [-0.15, -0.1) is 0 Å². The molecular formula is C19H17ClF3NO3. The fraction of sp³-hybridized carbons (Fsp3) is 0.263. The third kappa shape index (κ3) is 6.60. The molecule has 0 saturated heterocycles. The van der Waals surface area contributed by atoms with Crippen LogP contribution in [0, 0.1) is 0 Å². The van der Waals surface area contributed by atoms with Crippen molar-refractivity contribution in [1.82, 2.24) is 5.32 Å². The van der Waals surface area contributed by atoms with Crippen molar-refractivity contribution < 1.29 is 27.9 Å². The summed E-state index contributed by atoms with van der Waals surface area (Å²) in [6.07, 6.45) is -5.00. The van der Waals surface area contributed by atoms with Crippen molar-refractivity contribution >= 4 is 23.5 Å². The van der Waals surface area contributed by atoms with Crippen LogP contribution in [0.2, 0.25) is 5.02 Å². The van der Waals surface area contributed by atoms with Gasteiger partial charge >= 0.3 is 12.1 Å². The maximum Gasteiger partial charge on any atom is 0.416 e. The Labute approximate surface area is 159 Å². The number of aliphatic carboxylic acids is 1. The predicted octanol–water partition coefficient (Wildman–Crippen LogP) is 4.10. The zero-order valence-electron chi connectivity index (χ0n) is 14.1. The summed E-state index contributed by atoms with van der Waals surface area (Å²) < 4.78 is 38.5. The molecule has 2 rings (SSSR count). The van der Waals surface area contributed by atoms with Gasteiger partial charge in [0.1, 0.15) is 0 Å². The highest BCUT2D eigenvalue weighted by atomic mass is 35.5. The summed E-state index contributed by atoms with van der Waals surface area (Å²) in [6.45, 7) is 0. The molecule has 2 N–H and O–H groups in total. The maximum atomic E-state index is 12.8. The van der Waals surface area contributed by atoms with Gasteiger partial charge in [-0.25, -0.2) is 0 Å². The number of hydrogen-bond acceptors (Lipinski definition) is 2. The molecule has 0 aliphatic rings. The standard InChI is InChI=1S/C19H17ClF3NO3/c20-16-7-2-1-5-13(16)10-17(25)24-15(11-18(26)27)9-12-4-3-6-14(8-12)19(21,22)23/h1-8,15H,9-11H2,(H,24,25)(H,26,27)/t15-/m0/s1. The third-order valence-electron chi connectivity index (χ3n) is 3.83. The summed E-state index contributed by atoms with van der Waals surface area (Å²) in [5.41, 5.74) is 0.0374. The Morgan fingerprint density at radius 3 is 2.44 bits per heavy atom. The lowest BCUT2D eigenvalue weighted by Gasteiger charge is -2.18. The lowest BCUT2D eigenvalue weighted by molar-refractivity contribution is -0.139.